The number of halogens is 5. The maximum atomic E-state index is 13.7. The Morgan fingerprint density at radius 3 is 1.05 bits per heavy atom. The minimum atomic E-state index is -5.94. The summed E-state index contributed by atoms with van der Waals surface area (Å²) in [6, 6.07) is 60.7. The number of carboxylic acid groups (broad SMARTS) is 1. The number of aromatic nitrogens is 1. The molecule has 1 heterocycles. The van der Waals surface area contributed by atoms with E-state index in [4.69, 9.17) is 9.84 Å². The standard InChI is InChI=1S/C23H24F2O5S.C21H22O2.2C10H16N.C7H10N2.C7H14N2.C2H4F2O4S.HI/c1-22(2,3)20-18-15-10-6-4-8-13(15)17(14-9-5-7-11-16(14)18)19(20)21(26)30-12-23(24,25)31(27,28)29;1-21(2,3)19-17-14-10-6-4-8-12(14)16(18(19)20(22)23)13-9-5-7-11-15(13)17;2*1-11(2,3)9-10-7-5-4-6-8-10;1-9(2)7-3-5-8-6-4-7;1-6(2)8-5-9-7(3)4;3-2(4,1-5)9(6,7)8;/h4-11,17-20H,12H2,1-3H3,(H,27,28,29);4-11,16-19H,1-3H3,(H,22,23);2*4-8H,9H2,1-3H3;3-6H,1-2H3;6-7H,1-4H3;5H,1H2,(H,6,7,8);1H/q;;2*+1;;;;/p-3. The SMILES string of the molecule is CC(C)(C)C1C2c3ccccc3C(c3ccccc32)C1C(=O)O.CC(C)(C)C1C2c3ccccc3C(c3ccccc32)C1C(=O)OCC(F)(F)S(=O)(=O)[O-].CC(C)N=C=NC(C)C.CN(C)c1ccncc1.C[N+](C)(C)Cc1ccccc1.C[N+](C)(C)Cc1ccccc1.O=S(=O)([O-])C(F)(F)CO.[I-]. The molecule has 0 saturated heterocycles. The molecule has 0 radical (unpaired) electrons. The quantitative estimate of drug-likeness (QED) is 0.0257. The summed E-state index contributed by atoms with van der Waals surface area (Å²) in [7, 11) is 5.60. The molecule has 4 atom stereocenters. The number of aliphatic hydroxyl groups is 1. The van der Waals surface area contributed by atoms with Gasteiger partial charge in [-0.05, 0) is 107 Å². The highest BCUT2D eigenvalue weighted by molar-refractivity contribution is 7.87. The predicted octanol–water partition coefficient (Wildman–Crippen LogP) is 11.9. The van der Waals surface area contributed by atoms with Gasteiger partial charge in [-0.1, -0.05) is 199 Å². The van der Waals surface area contributed by atoms with Crippen LogP contribution in [-0.2, 0) is 47.7 Å². The van der Waals surface area contributed by atoms with Crippen LogP contribution in [0.4, 0.5) is 23.2 Å². The van der Waals surface area contributed by atoms with Crippen molar-refractivity contribution in [3.05, 3.63) is 238 Å². The number of carbonyl (C=O) groups excluding carboxylic acids is 1. The maximum Gasteiger partial charge on any atom is 0.367 e. The lowest BCUT2D eigenvalue weighted by molar-refractivity contribution is -0.884. The van der Waals surface area contributed by atoms with Crippen molar-refractivity contribution in [3.63, 3.8) is 0 Å². The molecule has 1 aromatic heterocycles. The Morgan fingerprint density at radius 1 is 0.519 bits per heavy atom. The van der Waals surface area contributed by atoms with Crippen molar-refractivity contribution in [2.24, 2.45) is 44.5 Å². The number of anilines is 1. The number of aliphatic hydroxyl groups excluding tert-OH is 1. The van der Waals surface area contributed by atoms with Crippen LogP contribution in [0, 0.1) is 34.5 Å². The van der Waals surface area contributed by atoms with E-state index >= 15 is 0 Å². The largest absolute Gasteiger partial charge is 1.00 e. The van der Waals surface area contributed by atoms with Crippen LogP contribution in [0.3, 0.4) is 0 Å². The average molecular weight is 1590 g/mol. The molecule has 24 heteroatoms. The molecule has 2 N–H and O–H groups in total. The van der Waals surface area contributed by atoms with Gasteiger partial charge in [0.2, 0.25) is 0 Å². The van der Waals surface area contributed by atoms with Gasteiger partial charge in [-0.15, -0.1) is 0 Å². The second kappa shape index (κ2) is 37.3. The number of carboxylic acids is 1. The molecule has 104 heavy (non-hydrogen) atoms. The molecule has 568 valence electrons. The minimum absolute atomic E-state index is 0. The summed E-state index contributed by atoms with van der Waals surface area (Å²) in [5.41, 5.74) is 12.7. The third kappa shape index (κ3) is 24.7. The molecule has 0 amide bonds. The molecule has 0 aliphatic heterocycles. The molecule has 4 unspecified atom stereocenters. The Bertz CT molecular complexity index is 4040. The number of aliphatic carboxylic acids is 1. The Hall–Kier alpha value is -7.26. The second-order valence-corrected chi connectivity index (χ2v) is 34.1. The van der Waals surface area contributed by atoms with Crippen molar-refractivity contribution >= 4 is 43.9 Å². The minimum Gasteiger partial charge on any atom is -1.00 e. The lowest BCUT2D eigenvalue weighted by Crippen LogP contribution is -3.00. The number of rotatable bonds is 14. The first-order valence-electron chi connectivity index (χ1n) is 34.1. The number of carbonyl (C=O) groups is 2. The van der Waals surface area contributed by atoms with Crippen molar-refractivity contribution in [1.29, 1.82) is 0 Å². The van der Waals surface area contributed by atoms with E-state index in [0.717, 1.165) is 44.3 Å². The number of alkyl halides is 4. The van der Waals surface area contributed by atoms with Crippen LogP contribution < -0.4 is 28.9 Å². The van der Waals surface area contributed by atoms with Crippen molar-refractivity contribution in [1.82, 2.24) is 4.98 Å². The first-order chi connectivity index (χ1) is 47.7. The van der Waals surface area contributed by atoms with Gasteiger partial charge in [0.25, 0.3) is 0 Å². The van der Waals surface area contributed by atoms with E-state index in [1.165, 1.54) is 39.1 Å². The van der Waals surface area contributed by atoms with Crippen LogP contribution in [-0.4, -0.2) is 160 Å². The number of fused-ring (bicyclic) bond motifs is 2. The zero-order chi connectivity index (χ0) is 77.4. The van der Waals surface area contributed by atoms with Gasteiger partial charge in [-0.2, -0.15) is 17.6 Å². The van der Waals surface area contributed by atoms with Crippen LogP contribution in [0.15, 0.2) is 192 Å². The number of hydrogen-bond donors (Lipinski definition) is 2. The van der Waals surface area contributed by atoms with Crippen LogP contribution in [0.25, 0.3) is 0 Å². The molecule has 6 aliphatic carbocycles. The van der Waals surface area contributed by atoms with E-state index in [1.54, 1.807) is 12.4 Å². The molecular formula is C80H104F4IN6O11S2-. The van der Waals surface area contributed by atoms with E-state index in [1.807, 2.05) is 140 Å². The molecule has 13 rings (SSSR count). The molecule has 6 aromatic carbocycles. The fraction of sp³-hybridized carbons (Fsp3) is 0.450. The lowest BCUT2D eigenvalue weighted by Gasteiger charge is -2.54. The number of benzene rings is 6. The summed E-state index contributed by atoms with van der Waals surface area (Å²) in [5, 5.41) is 8.42. The Morgan fingerprint density at radius 2 is 0.808 bits per heavy atom. The summed E-state index contributed by atoms with van der Waals surface area (Å²) in [6.07, 6.45) is 3.57. The summed E-state index contributed by atoms with van der Waals surface area (Å²) >= 11 is 0. The van der Waals surface area contributed by atoms with Crippen LogP contribution in [0.5, 0.6) is 0 Å². The van der Waals surface area contributed by atoms with Crippen molar-refractivity contribution in [2.45, 2.75) is 129 Å². The van der Waals surface area contributed by atoms with E-state index in [0.29, 0.717) is 12.1 Å². The number of aliphatic imine (C=N–C) groups is 2. The molecule has 17 nitrogen and oxygen atoms in total. The van der Waals surface area contributed by atoms with Gasteiger partial charge in [-0.25, -0.2) is 26.8 Å². The zero-order valence-electron chi connectivity index (χ0n) is 62.9. The normalized spacial score (nSPS) is 18.9. The van der Waals surface area contributed by atoms with E-state index in [2.05, 4.69) is 181 Å². The highest BCUT2D eigenvalue weighted by Crippen LogP contribution is 2.64. The number of nitrogens with zero attached hydrogens (tertiary/aromatic N) is 6. The number of quaternary nitrogens is 2. The van der Waals surface area contributed by atoms with Gasteiger partial charge in [0.05, 0.1) is 72.2 Å². The molecule has 0 saturated carbocycles. The average Bonchev–Trinajstić information content (AvgIpc) is 0.705. The summed E-state index contributed by atoms with van der Waals surface area (Å²) in [5.74, 6) is -3.30. The van der Waals surface area contributed by atoms with Gasteiger partial charge in [0, 0.05) is 67.0 Å². The molecule has 0 spiro atoms. The Labute approximate surface area is 631 Å². The molecular weight excluding hydrogens is 1490 g/mol. The predicted molar refractivity (Wildman–Crippen MR) is 396 cm³/mol. The van der Waals surface area contributed by atoms with E-state index < -0.39 is 67.7 Å². The molecule has 6 aliphatic rings. The first kappa shape index (κ1) is 89.1. The molecule has 7 aromatic rings. The van der Waals surface area contributed by atoms with Crippen molar-refractivity contribution < 1.29 is 101 Å². The highest BCUT2D eigenvalue weighted by atomic mass is 127. The molecule has 4 bridgehead atoms. The summed E-state index contributed by atoms with van der Waals surface area (Å²) in [4.78, 5) is 39.2. The topological polar surface area (TPSA) is 239 Å². The monoisotopic (exact) mass is 1590 g/mol. The smallest absolute Gasteiger partial charge is 0.367 e. The van der Waals surface area contributed by atoms with Gasteiger partial charge in [0.15, 0.2) is 26.8 Å². The fourth-order valence-electron chi connectivity index (χ4n) is 13.6. The zero-order valence-corrected chi connectivity index (χ0v) is 66.7. The number of hydrogen-bond acceptors (Lipinski definition) is 14. The van der Waals surface area contributed by atoms with Crippen molar-refractivity contribution in [2.75, 3.05) is 74.5 Å². The highest BCUT2D eigenvalue weighted by Gasteiger charge is 2.58. The molecule has 0 fully saturated rings. The Balaban J connectivity index is 0.000000275. The van der Waals surface area contributed by atoms with Crippen LogP contribution in [0.1, 0.15) is 149 Å². The van der Waals surface area contributed by atoms with Crippen LogP contribution >= 0.6 is 0 Å². The van der Waals surface area contributed by atoms with E-state index in [9.17, 15) is 58.2 Å². The summed E-state index contributed by atoms with van der Waals surface area (Å²) < 4.78 is 118. The van der Waals surface area contributed by atoms with E-state index in [-0.39, 0.29) is 70.3 Å². The third-order valence-corrected chi connectivity index (χ3v) is 19.3. The number of esters is 1. The van der Waals surface area contributed by atoms with Crippen LogP contribution in [0.2, 0.25) is 0 Å². The van der Waals surface area contributed by atoms with Crippen molar-refractivity contribution in [3.8, 4) is 0 Å². The lowest BCUT2D eigenvalue weighted by atomic mass is 9.49. The third-order valence-electron chi connectivity index (χ3n) is 17.5. The van der Waals surface area contributed by atoms with Gasteiger partial charge >= 0.3 is 22.4 Å². The Kier molecular flexibility index (Phi) is 32.0. The number of pyridine rings is 1. The number of ether oxygens (including phenoxy) is 1. The second-order valence-electron chi connectivity index (χ2n) is 31.1. The first-order valence-corrected chi connectivity index (χ1v) is 36.9. The van der Waals surface area contributed by atoms with Gasteiger partial charge < -0.3 is 61.9 Å². The van der Waals surface area contributed by atoms with Gasteiger partial charge in [0.1, 0.15) is 19.7 Å². The fourth-order valence-corrected chi connectivity index (χ4v) is 13.9. The summed E-state index contributed by atoms with van der Waals surface area (Å²) in [6.45, 7) is 18.9. The maximum absolute atomic E-state index is 13.7. The van der Waals surface area contributed by atoms with Gasteiger partial charge in [-0.3, -0.25) is 14.6 Å².